The van der Waals surface area contributed by atoms with E-state index in [0.29, 0.717) is 12.5 Å². The molecule has 26 heavy (non-hydrogen) atoms. The van der Waals surface area contributed by atoms with Crippen LogP contribution in [-0.2, 0) is 4.74 Å². The molecule has 2 aliphatic rings. The molecule has 1 fully saturated rings. The van der Waals surface area contributed by atoms with Crippen LogP contribution in [0.2, 0.25) is 0 Å². The molecule has 0 unspecified atom stereocenters. The van der Waals surface area contributed by atoms with E-state index in [4.69, 9.17) is 14.2 Å². The molecule has 4 nitrogen and oxygen atoms in total. The molecule has 4 rings (SSSR count). The number of nitrogens with one attached hydrogen (secondary N) is 1. The average Bonchev–Trinajstić information content (AvgIpc) is 3.11. The summed E-state index contributed by atoms with van der Waals surface area (Å²) in [6.45, 7) is 5.52. The van der Waals surface area contributed by atoms with Gasteiger partial charge in [-0.3, -0.25) is 0 Å². The van der Waals surface area contributed by atoms with E-state index in [1.807, 2.05) is 6.92 Å². The standard InChI is InChI=1S/C21H24BrNO3/c1-4-25-18-11-13(10-16(22)21(18)24-3)19-14-7-8-26-20(14)15-9-12(2)5-6-17(15)23-19/h5-6,9-11,14,19-20,23H,4,7-8H2,1-3H3/t14-,19-,20-/m0/s1. The molecule has 0 aromatic heterocycles. The molecular formula is C21H24BrNO3. The van der Waals surface area contributed by atoms with Crippen molar-refractivity contribution in [3.8, 4) is 11.5 Å². The van der Waals surface area contributed by atoms with Crippen molar-refractivity contribution in [2.45, 2.75) is 32.4 Å². The fraction of sp³-hybridized carbons (Fsp3) is 0.429. The third kappa shape index (κ3) is 2.97. The fourth-order valence-corrected chi connectivity index (χ4v) is 4.77. The van der Waals surface area contributed by atoms with Crippen LogP contribution in [0, 0.1) is 12.8 Å². The van der Waals surface area contributed by atoms with Crippen LogP contribution in [0.4, 0.5) is 5.69 Å². The topological polar surface area (TPSA) is 39.7 Å². The Balaban J connectivity index is 1.77. The first kappa shape index (κ1) is 17.7. The summed E-state index contributed by atoms with van der Waals surface area (Å²) in [5, 5.41) is 3.75. The summed E-state index contributed by atoms with van der Waals surface area (Å²) >= 11 is 3.64. The van der Waals surface area contributed by atoms with Gasteiger partial charge < -0.3 is 19.5 Å². The maximum atomic E-state index is 6.14. The largest absolute Gasteiger partial charge is 0.492 e. The number of halogens is 1. The lowest BCUT2D eigenvalue weighted by Crippen LogP contribution is -2.29. The van der Waals surface area contributed by atoms with Crippen LogP contribution < -0.4 is 14.8 Å². The van der Waals surface area contributed by atoms with E-state index in [-0.39, 0.29) is 12.1 Å². The van der Waals surface area contributed by atoms with Gasteiger partial charge in [-0.2, -0.15) is 0 Å². The quantitative estimate of drug-likeness (QED) is 0.721. The molecule has 0 amide bonds. The molecule has 0 saturated carbocycles. The summed E-state index contributed by atoms with van der Waals surface area (Å²) in [7, 11) is 1.67. The Labute approximate surface area is 163 Å². The third-order valence-electron chi connectivity index (χ3n) is 5.29. The van der Waals surface area contributed by atoms with E-state index in [0.717, 1.165) is 34.7 Å². The lowest BCUT2D eigenvalue weighted by atomic mass is 9.80. The summed E-state index contributed by atoms with van der Waals surface area (Å²) < 4.78 is 18.4. The van der Waals surface area contributed by atoms with Crippen molar-refractivity contribution in [1.82, 2.24) is 0 Å². The van der Waals surface area contributed by atoms with Gasteiger partial charge in [-0.25, -0.2) is 0 Å². The molecule has 2 heterocycles. The highest BCUT2D eigenvalue weighted by Crippen LogP contribution is 2.51. The van der Waals surface area contributed by atoms with Gasteiger partial charge in [0, 0.05) is 23.8 Å². The highest BCUT2D eigenvalue weighted by Gasteiger charge is 2.41. The summed E-state index contributed by atoms with van der Waals surface area (Å²) in [5.74, 6) is 1.91. The zero-order valence-corrected chi connectivity index (χ0v) is 16.9. The maximum Gasteiger partial charge on any atom is 0.174 e. The normalized spacial score (nSPS) is 23.8. The number of rotatable bonds is 4. The number of hydrogen-bond acceptors (Lipinski definition) is 4. The van der Waals surface area contributed by atoms with Crippen LogP contribution in [0.1, 0.15) is 42.2 Å². The molecule has 1 N–H and O–H groups in total. The maximum absolute atomic E-state index is 6.14. The number of benzene rings is 2. The number of ether oxygens (including phenoxy) is 3. The van der Waals surface area contributed by atoms with Crippen LogP contribution in [0.5, 0.6) is 11.5 Å². The van der Waals surface area contributed by atoms with Gasteiger partial charge in [-0.15, -0.1) is 0 Å². The number of methoxy groups -OCH3 is 1. The predicted molar refractivity (Wildman–Crippen MR) is 106 cm³/mol. The van der Waals surface area contributed by atoms with E-state index in [9.17, 15) is 0 Å². The van der Waals surface area contributed by atoms with Crippen LogP contribution >= 0.6 is 15.9 Å². The Hall–Kier alpha value is -1.72. The van der Waals surface area contributed by atoms with E-state index in [1.165, 1.54) is 16.7 Å². The van der Waals surface area contributed by atoms with E-state index in [1.54, 1.807) is 7.11 Å². The zero-order valence-electron chi connectivity index (χ0n) is 15.3. The number of anilines is 1. The van der Waals surface area contributed by atoms with Crippen molar-refractivity contribution in [3.63, 3.8) is 0 Å². The SMILES string of the molecule is CCOc1cc([C@@H]2Nc3ccc(C)cc3[C@H]3OCC[C@H]32)cc(Br)c1OC. The summed E-state index contributed by atoms with van der Waals surface area (Å²) in [6, 6.07) is 11.0. The van der Waals surface area contributed by atoms with Crippen LogP contribution in [0.15, 0.2) is 34.8 Å². The van der Waals surface area contributed by atoms with Crippen molar-refractivity contribution >= 4 is 21.6 Å². The second-order valence-electron chi connectivity index (χ2n) is 6.92. The summed E-state index contributed by atoms with van der Waals surface area (Å²) in [6.07, 6.45) is 1.19. The van der Waals surface area contributed by atoms with Gasteiger partial charge in [-0.1, -0.05) is 17.7 Å². The smallest absolute Gasteiger partial charge is 0.174 e. The van der Waals surface area contributed by atoms with Crippen molar-refractivity contribution in [3.05, 3.63) is 51.5 Å². The second-order valence-corrected chi connectivity index (χ2v) is 7.78. The Morgan fingerprint density at radius 3 is 2.88 bits per heavy atom. The predicted octanol–water partition coefficient (Wildman–Crippen LogP) is 5.41. The first-order valence-corrected chi connectivity index (χ1v) is 9.90. The van der Waals surface area contributed by atoms with Crippen molar-refractivity contribution in [2.24, 2.45) is 5.92 Å². The van der Waals surface area contributed by atoms with Crippen molar-refractivity contribution in [1.29, 1.82) is 0 Å². The molecule has 0 bridgehead atoms. The molecule has 0 radical (unpaired) electrons. The van der Waals surface area contributed by atoms with Crippen LogP contribution in [0.3, 0.4) is 0 Å². The van der Waals surface area contributed by atoms with Crippen LogP contribution in [0.25, 0.3) is 0 Å². The monoisotopic (exact) mass is 417 g/mol. The third-order valence-corrected chi connectivity index (χ3v) is 5.87. The Morgan fingerprint density at radius 2 is 2.12 bits per heavy atom. The first-order chi connectivity index (χ1) is 12.6. The van der Waals surface area contributed by atoms with Gasteiger partial charge >= 0.3 is 0 Å². The summed E-state index contributed by atoms with van der Waals surface area (Å²) in [5.41, 5.74) is 4.90. The minimum Gasteiger partial charge on any atom is -0.492 e. The Kier molecular flexibility index (Phi) is 4.84. The fourth-order valence-electron chi connectivity index (χ4n) is 4.15. The molecule has 2 aromatic rings. The second kappa shape index (κ2) is 7.12. The van der Waals surface area contributed by atoms with Crippen molar-refractivity contribution in [2.75, 3.05) is 25.6 Å². The molecule has 3 atom stereocenters. The number of aryl methyl sites for hydroxylation is 1. The highest BCUT2D eigenvalue weighted by molar-refractivity contribution is 9.10. The van der Waals surface area contributed by atoms with E-state index >= 15 is 0 Å². The molecule has 0 aliphatic carbocycles. The Bertz CT molecular complexity index is 823. The average molecular weight is 418 g/mol. The molecule has 138 valence electrons. The molecule has 2 aliphatic heterocycles. The number of hydrogen-bond donors (Lipinski definition) is 1. The minimum atomic E-state index is 0.146. The number of fused-ring (bicyclic) bond motifs is 3. The lowest BCUT2D eigenvalue weighted by Gasteiger charge is -2.37. The van der Waals surface area contributed by atoms with Gasteiger partial charge in [0.15, 0.2) is 11.5 Å². The molecule has 5 heteroatoms. The molecule has 1 saturated heterocycles. The lowest BCUT2D eigenvalue weighted by molar-refractivity contribution is 0.0828. The zero-order chi connectivity index (χ0) is 18.3. The van der Waals surface area contributed by atoms with Gasteiger partial charge in [0.05, 0.1) is 30.3 Å². The van der Waals surface area contributed by atoms with Gasteiger partial charge in [0.25, 0.3) is 0 Å². The molecule has 0 spiro atoms. The van der Waals surface area contributed by atoms with Gasteiger partial charge in [0.1, 0.15) is 0 Å². The van der Waals surface area contributed by atoms with E-state index < -0.39 is 0 Å². The minimum absolute atomic E-state index is 0.146. The van der Waals surface area contributed by atoms with Gasteiger partial charge in [0.2, 0.25) is 0 Å². The first-order valence-electron chi connectivity index (χ1n) is 9.11. The highest BCUT2D eigenvalue weighted by atomic mass is 79.9. The molecular weight excluding hydrogens is 394 g/mol. The van der Waals surface area contributed by atoms with Gasteiger partial charge in [-0.05, 0) is 60.0 Å². The van der Waals surface area contributed by atoms with Crippen LogP contribution in [-0.4, -0.2) is 20.3 Å². The van der Waals surface area contributed by atoms with Crippen molar-refractivity contribution < 1.29 is 14.2 Å². The van der Waals surface area contributed by atoms with E-state index in [2.05, 4.69) is 58.5 Å². The summed E-state index contributed by atoms with van der Waals surface area (Å²) in [4.78, 5) is 0. The Morgan fingerprint density at radius 1 is 1.27 bits per heavy atom. The molecule has 2 aromatic carbocycles.